The van der Waals surface area contributed by atoms with Crippen LogP contribution in [-0.4, -0.2) is 35.6 Å². The van der Waals surface area contributed by atoms with Crippen molar-refractivity contribution in [3.05, 3.63) is 0 Å². The number of aliphatic hydroxyl groups is 1. The minimum Gasteiger partial charge on any atom is -0.395 e. The summed E-state index contributed by atoms with van der Waals surface area (Å²) in [6, 6.07) is 0. The summed E-state index contributed by atoms with van der Waals surface area (Å²) in [5.74, 6) is 3.78. The number of nitrogens with zero attached hydrogens (tertiary/aromatic N) is 1. The molecule has 0 aromatic carbocycles. The van der Waals surface area contributed by atoms with Crippen molar-refractivity contribution >= 4 is 5.91 Å². The van der Waals surface area contributed by atoms with Gasteiger partial charge in [-0.2, -0.15) is 0 Å². The second kappa shape index (κ2) is 5.43. The van der Waals surface area contributed by atoms with Crippen molar-refractivity contribution < 1.29 is 9.90 Å². The molecule has 3 nitrogen and oxygen atoms in total. The molecular formula is C16H27NO2. The monoisotopic (exact) mass is 265 g/mol. The van der Waals surface area contributed by atoms with Gasteiger partial charge in [0.25, 0.3) is 0 Å². The Bertz CT molecular complexity index is 308. The van der Waals surface area contributed by atoms with Crippen LogP contribution in [0.2, 0.25) is 0 Å². The molecule has 3 heteroatoms. The molecule has 4 aliphatic carbocycles. The van der Waals surface area contributed by atoms with Gasteiger partial charge in [0.1, 0.15) is 0 Å². The second-order valence-electron chi connectivity index (χ2n) is 7.01. The maximum atomic E-state index is 12.8. The summed E-state index contributed by atoms with van der Waals surface area (Å²) in [7, 11) is 0. The van der Waals surface area contributed by atoms with Gasteiger partial charge in [0, 0.05) is 19.0 Å². The SMILES string of the molecule is CCCN(CCO)C(=O)C1C2CC3CC(C2)CC1C3. The number of carbonyl (C=O) groups is 1. The normalized spacial score (nSPS) is 39.6. The van der Waals surface area contributed by atoms with Gasteiger partial charge in [-0.05, 0) is 62.2 Å². The third-order valence-electron chi connectivity index (χ3n) is 5.69. The fourth-order valence-corrected chi connectivity index (χ4v) is 5.26. The van der Waals surface area contributed by atoms with E-state index >= 15 is 0 Å². The van der Waals surface area contributed by atoms with E-state index in [1.165, 1.54) is 32.1 Å². The predicted octanol–water partition coefficient (Wildman–Crippen LogP) is 2.29. The zero-order valence-corrected chi connectivity index (χ0v) is 12.1. The van der Waals surface area contributed by atoms with Crippen LogP contribution in [0.5, 0.6) is 0 Å². The van der Waals surface area contributed by atoms with Gasteiger partial charge in [0.15, 0.2) is 0 Å². The predicted molar refractivity (Wildman–Crippen MR) is 74.5 cm³/mol. The second-order valence-corrected chi connectivity index (χ2v) is 7.01. The molecule has 0 saturated heterocycles. The first-order valence-electron chi connectivity index (χ1n) is 8.12. The number of rotatable bonds is 5. The lowest BCUT2D eigenvalue weighted by Crippen LogP contribution is -2.52. The minimum atomic E-state index is 0.0963. The lowest BCUT2D eigenvalue weighted by molar-refractivity contribution is -0.149. The molecule has 1 N–H and O–H groups in total. The quantitative estimate of drug-likeness (QED) is 0.828. The molecule has 0 spiro atoms. The fourth-order valence-electron chi connectivity index (χ4n) is 5.26. The first-order chi connectivity index (χ1) is 9.22. The Hall–Kier alpha value is -0.570. The smallest absolute Gasteiger partial charge is 0.226 e. The third-order valence-corrected chi connectivity index (χ3v) is 5.69. The summed E-state index contributed by atoms with van der Waals surface area (Å²) in [5.41, 5.74) is 0. The molecule has 0 unspecified atom stereocenters. The van der Waals surface area contributed by atoms with Gasteiger partial charge < -0.3 is 10.0 Å². The van der Waals surface area contributed by atoms with Crippen LogP contribution in [0.25, 0.3) is 0 Å². The molecule has 1 amide bonds. The maximum absolute atomic E-state index is 12.8. The van der Waals surface area contributed by atoms with Crippen molar-refractivity contribution in [3.63, 3.8) is 0 Å². The summed E-state index contributed by atoms with van der Waals surface area (Å²) in [6.07, 6.45) is 7.60. The van der Waals surface area contributed by atoms with Crippen LogP contribution in [0.4, 0.5) is 0 Å². The Kier molecular flexibility index (Phi) is 3.84. The van der Waals surface area contributed by atoms with E-state index in [2.05, 4.69) is 6.92 Å². The maximum Gasteiger partial charge on any atom is 0.226 e. The molecule has 4 rings (SSSR count). The summed E-state index contributed by atoms with van der Waals surface area (Å²) in [5, 5.41) is 9.17. The van der Waals surface area contributed by atoms with Gasteiger partial charge in [0.2, 0.25) is 5.91 Å². The molecule has 0 heterocycles. The van der Waals surface area contributed by atoms with E-state index in [1.807, 2.05) is 4.90 Å². The Morgan fingerprint density at radius 1 is 1.05 bits per heavy atom. The van der Waals surface area contributed by atoms with E-state index in [0.29, 0.717) is 24.3 Å². The number of amides is 1. The van der Waals surface area contributed by atoms with E-state index < -0.39 is 0 Å². The van der Waals surface area contributed by atoms with Crippen molar-refractivity contribution in [1.82, 2.24) is 4.90 Å². The van der Waals surface area contributed by atoms with E-state index in [4.69, 9.17) is 5.11 Å². The van der Waals surface area contributed by atoms with Crippen LogP contribution in [0.1, 0.15) is 45.4 Å². The summed E-state index contributed by atoms with van der Waals surface area (Å²) >= 11 is 0. The lowest BCUT2D eigenvalue weighted by atomic mass is 9.51. The van der Waals surface area contributed by atoms with E-state index in [0.717, 1.165) is 24.8 Å². The molecule has 4 fully saturated rings. The summed E-state index contributed by atoms with van der Waals surface area (Å²) < 4.78 is 0. The summed E-state index contributed by atoms with van der Waals surface area (Å²) in [6.45, 7) is 3.53. The molecule has 4 saturated carbocycles. The van der Waals surface area contributed by atoms with Gasteiger partial charge in [0.05, 0.1) is 6.61 Å². The van der Waals surface area contributed by atoms with E-state index in [9.17, 15) is 4.79 Å². The zero-order chi connectivity index (χ0) is 13.4. The van der Waals surface area contributed by atoms with Crippen LogP contribution >= 0.6 is 0 Å². The molecule has 19 heavy (non-hydrogen) atoms. The number of aliphatic hydroxyl groups excluding tert-OH is 1. The lowest BCUT2D eigenvalue weighted by Gasteiger charge is -2.54. The number of carbonyl (C=O) groups excluding carboxylic acids is 1. The van der Waals surface area contributed by atoms with Crippen molar-refractivity contribution in [3.8, 4) is 0 Å². The fraction of sp³-hybridized carbons (Fsp3) is 0.938. The zero-order valence-electron chi connectivity index (χ0n) is 12.1. The number of hydrogen-bond acceptors (Lipinski definition) is 2. The van der Waals surface area contributed by atoms with Crippen molar-refractivity contribution in [2.24, 2.45) is 29.6 Å². The molecule has 0 radical (unpaired) electrons. The molecule has 0 aromatic heterocycles. The van der Waals surface area contributed by atoms with Crippen LogP contribution in [-0.2, 0) is 4.79 Å². The van der Waals surface area contributed by atoms with Crippen LogP contribution < -0.4 is 0 Å². The largest absolute Gasteiger partial charge is 0.395 e. The summed E-state index contributed by atoms with van der Waals surface area (Å²) in [4.78, 5) is 14.8. The van der Waals surface area contributed by atoms with Gasteiger partial charge in [-0.25, -0.2) is 0 Å². The van der Waals surface area contributed by atoms with Crippen molar-refractivity contribution in [2.75, 3.05) is 19.7 Å². The minimum absolute atomic E-state index is 0.0963. The van der Waals surface area contributed by atoms with Crippen LogP contribution in [0, 0.1) is 29.6 Å². The average Bonchev–Trinajstić information content (AvgIpc) is 2.37. The van der Waals surface area contributed by atoms with Crippen molar-refractivity contribution in [2.45, 2.75) is 45.4 Å². The highest BCUT2D eigenvalue weighted by molar-refractivity contribution is 5.80. The molecule has 108 valence electrons. The van der Waals surface area contributed by atoms with Gasteiger partial charge >= 0.3 is 0 Å². The molecule has 4 aliphatic rings. The van der Waals surface area contributed by atoms with Crippen molar-refractivity contribution in [1.29, 1.82) is 0 Å². The molecule has 0 aromatic rings. The van der Waals surface area contributed by atoms with Gasteiger partial charge in [-0.15, -0.1) is 0 Å². The van der Waals surface area contributed by atoms with Gasteiger partial charge in [-0.1, -0.05) is 6.92 Å². The van der Waals surface area contributed by atoms with Gasteiger partial charge in [-0.3, -0.25) is 4.79 Å². The Balaban J connectivity index is 1.72. The molecule has 4 bridgehead atoms. The Morgan fingerprint density at radius 3 is 2.11 bits per heavy atom. The first kappa shape index (κ1) is 13.4. The standard InChI is InChI=1S/C16H27NO2/c1-2-3-17(4-5-18)16(19)15-13-7-11-6-12(9-13)10-14(15)8-11/h11-15,18H,2-10H2,1H3. The molecular weight excluding hydrogens is 238 g/mol. The van der Waals surface area contributed by atoms with Crippen LogP contribution in [0.3, 0.4) is 0 Å². The first-order valence-corrected chi connectivity index (χ1v) is 8.12. The number of hydrogen-bond donors (Lipinski definition) is 1. The Morgan fingerprint density at radius 2 is 1.63 bits per heavy atom. The van der Waals surface area contributed by atoms with Crippen LogP contribution in [0.15, 0.2) is 0 Å². The average molecular weight is 265 g/mol. The van der Waals surface area contributed by atoms with E-state index in [-0.39, 0.29) is 12.5 Å². The highest BCUT2D eigenvalue weighted by atomic mass is 16.3. The van der Waals surface area contributed by atoms with E-state index in [1.54, 1.807) is 0 Å². The highest BCUT2D eigenvalue weighted by Crippen LogP contribution is 2.56. The third kappa shape index (κ3) is 2.42. The molecule has 0 aliphatic heterocycles. The Labute approximate surface area is 116 Å². The topological polar surface area (TPSA) is 40.5 Å². The molecule has 0 atom stereocenters. The highest BCUT2D eigenvalue weighted by Gasteiger charge is 2.51.